The summed E-state index contributed by atoms with van der Waals surface area (Å²) in [6, 6.07) is 7.58. The second-order valence-corrected chi connectivity index (χ2v) is 9.28. The quantitative estimate of drug-likeness (QED) is 0.513. The van der Waals surface area contributed by atoms with Crippen LogP contribution in [-0.2, 0) is 17.7 Å². The molecule has 3 aromatic rings. The number of hydrogen-bond acceptors (Lipinski definition) is 8. The van der Waals surface area contributed by atoms with Gasteiger partial charge in [-0.1, -0.05) is 6.92 Å². The van der Waals surface area contributed by atoms with E-state index in [1.165, 1.54) is 0 Å². The summed E-state index contributed by atoms with van der Waals surface area (Å²) in [6.45, 7) is 7.26. The predicted molar refractivity (Wildman–Crippen MR) is 137 cm³/mol. The Morgan fingerprint density at radius 3 is 2.81 bits per heavy atom. The van der Waals surface area contributed by atoms with Gasteiger partial charge in [0.25, 0.3) is 11.5 Å². The fourth-order valence-electron chi connectivity index (χ4n) is 4.78. The van der Waals surface area contributed by atoms with E-state index >= 15 is 0 Å². The van der Waals surface area contributed by atoms with Gasteiger partial charge in [-0.3, -0.25) is 19.5 Å². The summed E-state index contributed by atoms with van der Waals surface area (Å²) in [5.74, 6) is 0.240. The number of H-pyrrole nitrogens is 1. The van der Waals surface area contributed by atoms with Crippen LogP contribution in [0.4, 0.5) is 5.69 Å². The van der Waals surface area contributed by atoms with Crippen LogP contribution in [-0.4, -0.2) is 78.3 Å². The molecular weight excluding hydrogens is 460 g/mol. The topological polar surface area (TPSA) is 113 Å². The molecule has 2 aliphatic heterocycles. The number of fused-ring (bicyclic) bond motifs is 1. The zero-order valence-corrected chi connectivity index (χ0v) is 20.7. The predicted octanol–water partition coefficient (Wildman–Crippen LogP) is 1.73. The van der Waals surface area contributed by atoms with Crippen LogP contribution in [0.5, 0.6) is 5.88 Å². The molecule has 10 nitrogen and oxygen atoms in total. The van der Waals surface area contributed by atoms with Crippen molar-refractivity contribution in [1.82, 2.24) is 25.2 Å². The summed E-state index contributed by atoms with van der Waals surface area (Å²) in [6.07, 6.45) is 3.39. The number of pyridine rings is 3. The van der Waals surface area contributed by atoms with Gasteiger partial charge in [-0.15, -0.1) is 0 Å². The molecule has 0 saturated carbocycles. The first-order valence-electron chi connectivity index (χ1n) is 12.5. The van der Waals surface area contributed by atoms with Gasteiger partial charge < -0.3 is 24.7 Å². The molecule has 2 aliphatic rings. The second kappa shape index (κ2) is 10.6. The summed E-state index contributed by atoms with van der Waals surface area (Å²) in [7, 11) is 1.58. The maximum Gasteiger partial charge on any atom is 0.270 e. The number of methoxy groups -OCH3 is 1. The monoisotopic (exact) mass is 492 g/mol. The molecule has 0 radical (unpaired) electrons. The molecule has 0 aliphatic carbocycles. The van der Waals surface area contributed by atoms with Gasteiger partial charge in [-0.05, 0) is 42.7 Å². The first-order chi connectivity index (χ1) is 17.5. The number of rotatable bonds is 7. The average molecular weight is 493 g/mol. The van der Waals surface area contributed by atoms with Gasteiger partial charge in [0.1, 0.15) is 5.69 Å². The molecule has 1 amide bonds. The van der Waals surface area contributed by atoms with Crippen molar-refractivity contribution in [1.29, 1.82) is 0 Å². The zero-order valence-electron chi connectivity index (χ0n) is 20.7. The van der Waals surface area contributed by atoms with Gasteiger partial charge >= 0.3 is 0 Å². The number of nitrogens with one attached hydrogen (secondary N) is 2. The minimum Gasteiger partial charge on any atom is -0.480 e. The third kappa shape index (κ3) is 5.19. The van der Waals surface area contributed by atoms with Crippen molar-refractivity contribution in [3.8, 4) is 5.88 Å². The second-order valence-electron chi connectivity index (χ2n) is 9.28. The first kappa shape index (κ1) is 24.2. The highest BCUT2D eigenvalue weighted by molar-refractivity contribution is 5.93. The Kier molecular flexibility index (Phi) is 7.15. The SMILES string of the molecule is CCc1cc2ncc(CN3CCN(c4ccc(C(=O)N[C@@H]5CCOC5)nc4OC)CC3)cc2[nH]c1=O. The number of piperazine rings is 1. The minimum atomic E-state index is -0.212. The molecule has 0 spiro atoms. The fourth-order valence-corrected chi connectivity index (χ4v) is 4.78. The van der Waals surface area contributed by atoms with Crippen molar-refractivity contribution < 1.29 is 14.3 Å². The van der Waals surface area contributed by atoms with Crippen LogP contribution in [0.15, 0.2) is 35.3 Å². The number of aryl methyl sites for hydroxylation is 1. The molecule has 2 N–H and O–H groups in total. The van der Waals surface area contributed by atoms with Gasteiger partial charge in [-0.25, -0.2) is 4.98 Å². The number of ether oxygens (including phenoxy) is 2. The number of carbonyl (C=O) groups excluding carboxylic acids is 1. The lowest BCUT2D eigenvalue weighted by Crippen LogP contribution is -2.46. The highest BCUT2D eigenvalue weighted by Gasteiger charge is 2.24. The number of carbonyl (C=O) groups is 1. The Morgan fingerprint density at radius 2 is 2.08 bits per heavy atom. The number of aromatic nitrogens is 3. The third-order valence-corrected chi connectivity index (χ3v) is 6.86. The van der Waals surface area contributed by atoms with Crippen LogP contribution in [0.1, 0.15) is 35.0 Å². The van der Waals surface area contributed by atoms with E-state index in [2.05, 4.69) is 30.1 Å². The van der Waals surface area contributed by atoms with E-state index in [0.29, 0.717) is 31.2 Å². The Balaban J connectivity index is 1.21. The van der Waals surface area contributed by atoms with Gasteiger partial charge in [0.2, 0.25) is 5.88 Å². The highest BCUT2D eigenvalue weighted by Crippen LogP contribution is 2.28. The van der Waals surface area contributed by atoms with E-state index in [0.717, 1.165) is 67.0 Å². The highest BCUT2D eigenvalue weighted by atomic mass is 16.5. The van der Waals surface area contributed by atoms with Crippen LogP contribution >= 0.6 is 0 Å². The van der Waals surface area contributed by atoms with Gasteiger partial charge in [-0.2, -0.15) is 0 Å². The maximum atomic E-state index is 12.6. The molecule has 3 aromatic heterocycles. The molecule has 5 heterocycles. The van der Waals surface area contributed by atoms with Crippen molar-refractivity contribution in [2.75, 3.05) is 51.4 Å². The molecule has 0 bridgehead atoms. The smallest absolute Gasteiger partial charge is 0.270 e. The van der Waals surface area contributed by atoms with Crippen molar-refractivity contribution in [2.24, 2.45) is 0 Å². The Labute approximate surface area is 209 Å². The molecule has 0 aromatic carbocycles. The van der Waals surface area contributed by atoms with Crippen molar-refractivity contribution in [3.05, 3.63) is 57.6 Å². The van der Waals surface area contributed by atoms with Crippen molar-refractivity contribution >= 4 is 22.6 Å². The standard InChI is InChI=1S/C26H32N6O4/c1-3-18-13-21-22(29-24(18)33)12-17(14-27-21)15-31-7-9-32(10-8-31)23-5-4-20(30-26(23)35-2)25(34)28-19-6-11-36-16-19/h4-5,12-14,19H,3,6-11,15-16H2,1-2H3,(H,28,34)(H,29,33)/t19-/m1/s1. The maximum absolute atomic E-state index is 12.6. The summed E-state index contributed by atoms with van der Waals surface area (Å²) < 4.78 is 10.9. The van der Waals surface area contributed by atoms with Crippen molar-refractivity contribution in [3.63, 3.8) is 0 Å². The molecule has 10 heteroatoms. The molecule has 0 unspecified atom stereocenters. The van der Waals surface area contributed by atoms with Crippen LogP contribution in [0.3, 0.4) is 0 Å². The average Bonchev–Trinajstić information content (AvgIpc) is 3.41. The van der Waals surface area contributed by atoms with Crippen LogP contribution in [0.25, 0.3) is 11.0 Å². The van der Waals surface area contributed by atoms with Crippen molar-refractivity contribution in [2.45, 2.75) is 32.4 Å². The number of hydrogen-bond donors (Lipinski definition) is 2. The summed E-state index contributed by atoms with van der Waals surface area (Å²) in [4.78, 5) is 41.4. The molecule has 2 fully saturated rings. The number of anilines is 1. The third-order valence-electron chi connectivity index (χ3n) is 6.86. The first-order valence-corrected chi connectivity index (χ1v) is 12.5. The normalized spacial score (nSPS) is 18.5. The molecule has 5 rings (SSSR count). The summed E-state index contributed by atoms with van der Waals surface area (Å²) in [5.41, 5.74) is 4.58. The summed E-state index contributed by atoms with van der Waals surface area (Å²) >= 11 is 0. The largest absolute Gasteiger partial charge is 0.480 e. The molecular formula is C26H32N6O4. The lowest BCUT2D eigenvalue weighted by Gasteiger charge is -2.36. The van der Waals surface area contributed by atoms with E-state index < -0.39 is 0 Å². The Hall–Kier alpha value is -3.50. The lowest BCUT2D eigenvalue weighted by atomic mass is 10.1. The van der Waals surface area contributed by atoms with E-state index in [9.17, 15) is 9.59 Å². The molecule has 2 saturated heterocycles. The van der Waals surface area contributed by atoms with Crippen LogP contribution in [0, 0.1) is 0 Å². The molecule has 36 heavy (non-hydrogen) atoms. The molecule has 190 valence electrons. The van der Waals surface area contributed by atoms with E-state index in [1.54, 1.807) is 13.2 Å². The van der Waals surface area contributed by atoms with E-state index in [-0.39, 0.29) is 17.5 Å². The van der Waals surface area contributed by atoms with Crippen LogP contribution < -0.4 is 20.5 Å². The number of amides is 1. The van der Waals surface area contributed by atoms with E-state index in [4.69, 9.17) is 9.47 Å². The molecule has 1 atom stereocenters. The van der Waals surface area contributed by atoms with Gasteiger partial charge in [0.05, 0.1) is 36.5 Å². The summed E-state index contributed by atoms with van der Waals surface area (Å²) in [5, 5.41) is 2.97. The number of nitrogens with zero attached hydrogens (tertiary/aromatic N) is 4. The van der Waals surface area contributed by atoms with Crippen LogP contribution in [0.2, 0.25) is 0 Å². The van der Waals surface area contributed by atoms with Gasteiger partial charge in [0, 0.05) is 51.1 Å². The zero-order chi connectivity index (χ0) is 25.1. The lowest BCUT2D eigenvalue weighted by molar-refractivity contribution is 0.0924. The van der Waals surface area contributed by atoms with E-state index in [1.807, 2.05) is 31.3 Å². The fraction of sp³-hybridized carbons (Fsp3) is 0.462. The minimum absolute atomic E-state index is 0.0323. The number of aromatic amines is 1. The Morgan fingerprint density at radius 1 is 1.25 bits per heavy atom. The van der Waals surface area contributed by atoms with Gasteiger partial charge in [0.15, 0.2) is 0 Å². The Bertz CT molecular complexity index is 1300.